The Morgan fingerprint density at radius 3 is 3.00 bits per heavy atom. The molecule has 0 spiro atoms. The Morgan fingerprint density at radius 2 is 2.36 bits per heavy atom. The Balaban J connectivity index is 2.68. The van der Waals surface area contributed by atoms with Gasteiger partial charge in [-0.15, -0.1) is 0 Å². The number of ether oxygens (including phenoxy) is 2. The van der Waals surface area contributed by atoms with Gasteiger partial charge in [-0.3, -0.25) is 0 Å². The fourth-order valence-electron chi connectivity index (χ4n) is 0.826. The smallest absolute Gasteiger partial charge is 0.343 e. The van der Waals surface area contributed by atoms with Gasteiger partial charge in [0.05, 0.1) is 7.11 Å². The van der Waals surface area contributed by atoms with Crippen molar-refractivity contribution in [2.75, 3.05) is 13.7 Å². The first-order chi connectivity index (χ1) is 6.65. The number of halogens is 1. The molecule has 1 rings (SSSR count). The molecule has 0 N–H and O–H groups in total. The third kappa shape index (κ3) is 2.83. The van der Waals surface area contributed by atoms with Gasteiger partial charge in [-0.2, -0.15) is 0 Å². The van der Waals surface area contributed by atoms with E-state index in [0.717, 1.165) is 9.13 Å². The van der Waals surface area contributed by atoms with Crippen LogP contribution in [0.15, 0.2) is 12.3 Å². The quantitative estimate of drug-likeness (QED) is 0.628. The third-order valence-electron chi connectivity index (χ3n) is 1.65. The van der Waals surface area contributed by atoms with E-state index >= 15 is 0 Å². The van der Waals surface area contributed by atoms with Gasteiger partial charge >= 0.3 is 5.97 Å². The van der Waals surface area contributed by atoms with Crippen LogP contribution in [-0.2, 0) is 9.53 Å². The van der Waals surface area contributed by atoms with Crippen LogP contribution in [0, 0.1) is 10.5 Å². The molecule has 1 aromatic rings. The molecule has 0 aliphatic carbocycles. The molecule has 0 aliphatic heterocycles. The van der Waals surface area contributed by atoms with Crippen LogP contribution in [0.3, 0.4) is 0 Å². The Bertz CT molecular complexity index is 341. The summed E-state index contributed by atoms with van der Waals surface area (Å²) in [6.45, 7) is 1.78. The SMILES string of the molecule is COC(=O)COc1nccc(I)c1C. The van der Waals surface area contributed by atoms with Crippen LogP contribution in [-0.4, -0.2) is 24.7 Å². The molecule has 0 saturated carbocycles. The monoisotopic (exact) mass is 307 g/mol. The Hall–Kier alpha value is -0.850. The van der Waals surface area contributed by atoms with Crippen molar-refractivity contribution in [3.8, 4) is 5.88 Å². The van der Waals surface area contributed by atoms with Crippen molar-refractivity contribution in [1.29, 1.82) is 0 Å². The van der Waals surface area contributed by atoms with E-state index < -0.39 is 5.97 Å². The van der Waals surface area contributed by atoms with Crippen LogP contribution in [0.1, 0.15) is 5.56 Å². The number of hydrogen-bond donors (Lipinski definition) is 0. The van der Waals surface area contributed by atoms with Crippen molar-refractivity contribution in [3.05, 3.63) is 21.4 Å². The number of rotatable bonds is 3. The largest absolute Gasteiger partial charge is 0.466 e. The molecule has 0 aromatic carbocycles. The lowest BCUT2D eigenvalue weighted by Crippen LogP contribution is -2.13. The van der Waals surface area contributed by atoms with Crippen LogP contribution in [0.2, 0.25) is 0 Å². The molecule has 1 aromatic heterocycles. The summed E-state index contributed by atoms with van der Waals surface area (Å²) in [6, 6.07) is 1.88. The van der Waals surface area contributed by atoms with Gasteiger partial charge in [0, 0.05) is 15.3 Å². The molecule has 0 unspecified atom stereocenters. The Morgan fingerprint density at radius 1 is 1.64 bits per heavy atom. The molecular weight excluding hydrogens is 297 g/mol. The summed E-state index contributed by atoms with van der Waals surface area (Å²) in [6.07, 6.45) is 1.64. The number of methoxy groups -OCH3 is 1. The topological polar surface area (TPSA) is 48.4 Å². The minimum atomic E-state index is -0.412. The van der Waals surface area contributed by atoms with Gasteiger partial charge < -0.3 is 9.47 Å². The number of aromatic nitrogens is 1. The van der Waals surface area contributed by atoms with Gasteiger partial charge in [0.25, 0.3) is 0 Å². The van der Waals surface area contributed by atoms with Crippen LogP contribution < -0.4 is 4.74 Å². The van der Waals surface area contributed by atoms with E-state index in [4.69, 9.17) is 4.74 Å². The van der Waals surface area contributed by atoms with E-state index in [2.05, 4.69) is 32.3 Å². The van der Waals surface area contributed by atoms with Crippen molar-refractivity contribution >= 4 is 28.6 Å². The van der Waals surface area contributed by atoms with Crippen molar-refractivity contribution in [3.63, 3.8) is 0 Å². The minimum Gasteiger partial charge on any atom is -0.466 e. The molecule has 0 bridgehead atoms. The van der Waals surface area contributed by atoms with Crippen molar-refractivity contribution in [1.82, 2.24) is 4.98 Å². The van der Waals surface area contributed by atoms with Gasteiger partial charge in [-0.25, -0.2) is 9.78 Å². The maximum atomic E-state index is 10.8. The standard InChI is InChI=1S/C9H10INO3/c1-6-7(10)3-4-11-9(6)14-5-8(12)13-2/h3-4H,5H2,1-2H3. The van der Waals surface area contributed by atoms with Crippen LogP contribution in [0.25, 0.3) is 0 Å². The van der Waals surface area contributed by atoms with Crippen LogP contribution in [0.5, 0.6) is 5.88 Å². The lowest BCUT2D eigenvalue weighted by molar-refractivity contribution is -0.143. The van der Waals surface area contributed by atoms with Gasteiger partial charge in [0.1, 0.15) is 0 Å². The van der Waals surface area contributed by atoms with E-state index in [1.165, 1.54) is 7.11 Å². The summed E-state index contributed by atoms with van der Waals surface area (Å²) in [5.41, 5.74) is 0.928. The lowest BCUT2D eigenvalue weighted by atomic mass is 10.3. The molecule has 0 amide bonds. The summed E-state index contributed by atoms with van der Waals surface area (Å²) in [5, 5.41) is 0. The van der Waals surface area contributed by atoms with E-state index in [0.29, 0.717) is 5.88 Å². The molecule has 0 atom stereocenters. The van der Waals surface area contributed by atoms with E-state index in [1.54, 1.807) is 6.20 Å². The molecule has 0 aliphatic rings. The second kappa shape index (κ2) is 5.14. The van der Waals surface area contributed by atoms with Crippen LogP contribution >= 0.6 is 22.6 Å². The van der Waals surface area contributed by atoms with E-state index in [9.17, 15) is 4.79 Å². The summed E-state index contributed by atoms with van der Waals surface area (Å²) in [5.74, 6) is 0.0624. The minimum absolute atomic E-state index is 0.107. The predicted molar refractivity (Wildman–Crippen MR) is 59.2 cm³/mol. The number of hydrogen-bond acceptors (Lipinski definition) is 4. The first-order valence-corrected chi connectivity index (χ1v) is 5.03. The number of pyridine rings is 1. The zero-order chi connectivity index (χ0) is 10.6. The molecule has 0 saturated heterocycles. The average Bonchev–Trinajstić information content (AvgIpc) is 2.20. The first kappa shape index (κ1) is 11.2. The fraction of sp³-hybridized carbons (Fsp3) is 0.333. The summed E-state index contributed by atoms with van der Waals surface area (Å²) < 4.78 is 10.7. The number of nitrogens with zero attached hydrogens (tertiary/aromatic N) is 1. The molecular formula is C9H10INO3. The second-order valence-corrected chi connectivity index (χ2v) is 3.75. The molecule has 76 valence electrons. The molecule has 5 heteroatoms. The molecule has 0 radical (unpaired) electrons. The zero-order valence-corrected chi connectivity index (χ0v) is 10.1. The Kier molecular flexibility index (Phi) is 4.12. The molecule has 4 nitrogen and oxygen atoms in total. The summed E-state index contributed by atoms with van der Waals surface area (Å²) >= 11 is 2.18. The van der Waals surface area contributed by atoms with Gasteiger partial charge in [-0.05, 0) is 35.6 Å². The average molecular weight is 307 g/mol. The van der Waals surface area contributed by atoms with Crippen molar-refractivity contribution in [2.24, 2.45) is 0 Å². The summed E-state index contributed by atoms with van der Waals surface area (Å²) in [4.78, 5) is 14.8. The first-order valence-electron chi connectivity index (χ1n) is 3.96. The van der Waals surface area contributed by atoms with E-state index in [1.807, 2.05) is 13.0 Å². The zero-order valence-electron chi connectivity index (χ0n) is 7.91. The molecule has 14 heavy (non-hydrogen) atoms. The van der Waals surface area contributed by atoms with Crippen LogP contribution in [0.4, 0.5) is 0 Å². The number of carbonyl (C=O) groups is 1. The van der Waals surface area contributed by atoms with Gasteiger partial charge in [0.15, 0.2) is 6.61 Å². The number of carbonyl (C=O) groups excluding carboxylic acids is 1. The highest BCUT2D eigenvalue weighted by Crippen LogP contribution is 2.19. The second-order valence-electron chi connectivity index (χ2n) is 2.59. The lowest BCUT2D eigenvalue weighted by Gasteiger charge is -2.07. The normalized spacial score (nSPS) is 9.64. The highest BCUT2D eigenvalue weighted by Gasteiger charge is 2.07. The van der Waals surface area contributed by atoms with Gasteiger partial charge in [-0.1, -0.05) is 0 Å². The summed E-state index contributed by atoms with van der Waals surface area (Å²) in [7, 11) is 1.32. The molecule has 1 heterocycles. The van der Waals surface area contributed by atoms with Crippen molar-refractivity contribution < 1.29 is 14.3 Å². The fourth-order valence-corrected chi connectivity index (χ4v) is 1.22. The predicted octanol–water partition coefficient (Wildman–Crippen LogP) is 1.55. The maximum absolute atomic E-state index is 10.8. The van der Waals surface area contributed by atoms with Crippen molar-refractivity contribution in [2.45, 2.75) is 6.92 Å². The highest BCUT2D eigenvalue weighted by atomic mass is 127. The third-order valence-corrected chi connectivity index (χ3v) is 2.81. The Labute approximate surface area is 95.8 Å². The maximum Gasteiger partial charge on any atom is 0.343 e. The van der Waals surface area contributed by atoms with Gasteiger partial charge in [0.2, 0.25) is 5.88 Å². The number of esters is 1. The molecule has 0 fully saturated rings. The highest BCUT2D eigenvalue weighted by molar-refractivity contribution is 14.1. The van der Waals surface area contributed by atoms with E-state index in [-0.39, 0.29) is 6.61 Å².